The maximum absolute atomic E-state index is 13.3. The first-order chi connectivity index (χ1) is 17.0. The number of amides is 1. The highest BCUT2D eigenvalue weighted by Gasteiger charge is 2.44. The van der Waals surface area contributed by atoms with Crippen LogP contribution >= 0.6 is 11.6 Å². The molecule has 2 saturated heterocycles. The molecule has 1 aromatic heterocycles. The van der Waals surface area contributed by atoms with Crippen molar-refractivity contribution in [3.05, 3.63) is 87.4 Å². The molecule has 2 fully saturated rings. The van der Waals surface area contributed by atoms with Crippen LogP contribution in [-0.4, -0.2) is 34.3 Å². The molecule has 0 saturated carbocycles. The quantitative estimate of drug-likeness (QED) is 0.437. The second kappa shape index (κ2) is 8.67. The highest BCUT2D eigenvalue weighted by atomic mass is 35.5. The van der Waals surface area contributed by atoms with Crippen molar-refractivity contribution in [2.45, 2.75) is 44.3 Å². The molecule has 1 amide bonds. The highest BCUT2D eigenvalue weighted by molar-refractivity contribution is 6.31. The zero-order chi connectivity index (χ0) is 25.9. The van der Waals surface area contributed by atoms with Crippen molar-refractivity contribution in [1.29, 1.82) is 0 Å². The number of rotatable bonds is 6. The lowest BCUT2D eigenvalue weighted by Crippen LogP contribution is -2.31. The number of epoxide rings is 1. The Bertz CT molecular complexity index is 1450. The summed E-state index contributed by atoms with van der Waals surface area (Å²) in [5, 5.41) is 3.99. The molecule has 3 unspecified atom stereocenters. The summed E-state index contributed by atoms with van der Waals surface area (Å²) < 4.78 is 46.9. The Kier molecular flexibility index (Phi) is 5.88. The Labute approximate surface area is 209 Å². The third-order valence-corrected chi connectivity index (χ3v) is 7.10. The maximum Gasteiger partial charge on any atom is 0.417 e. The number of alkyl halides is 3. The first-order valence-electron chi connectivity index (χ1n) is 11.4. The molecule has 188 valence electrons. The minimum atomic E-state index is -4.54. The molecule has 3 aromatic rings. The summed E-state index contributed by atoms with van der Waals surface area (Å²) in [6.07, 6.45) is -3.75. The van der Waals surface area contributed by atoms with Gasteiger partial charge >= 0.3 is 6.18 Å². The molecular formula is C26H23ClF3N3O3. The van der Waals surface area contributed by atoms with Gasteiger partial charge in [0.1, 0.15) is 12.1 Å². The van der Waals surface area contributed by atoms with Gasteiger partial charge in [-0.3, -0.25) is 9.59 Å². The van der Waals surface area contributed by atoms with Crippen molar-refractivity contribution in [3.63, 3.8) is 0 Å². The molecule has 0 radical (unpaired) electrons. The van der Waals surface area contributed by atoms with E-state index >= 15 is 0 Å². The van der Waals surface area contributed by atoms with Crippen LogP contribution in [0, 0.1) is 0 Å². The van der Waals surface area contributed by atoms with Gasteiger partial charge in [-0.25, -0.2) is 0 Å². The Morgan fingerprint density at radius 1 is 1.19 bits per heavy atom. The van der Waals surface area contributed by atoms with Crippen LogP contribution in [0.4, 0.5) is 18.9 Å². The maximum atomic E-state index is 13.3. The summed E-state index contributed by atoms with van der Waals surface area (Å²) in [4.78, 5) is 27.2. The summed E-state index contributed by atoms with van der Waals surface area (Å²) in [7, 11) is 0. The molecule has 0 aliphatic carbocycles. The van der Waals surface area contributed by atoms with Gasteiger partial charge in [-0.2, -0.15) is 13.2 Å². The van der Waals surface area contributed by atoms with Gasteiger partial charge in [-0.15, -0.1) is 0 Å². The summed E-state index contributed by atoms with van der Waals surface area (Å²) in [6.45, 7) is 7.74. The number of ether oxygens (including phenoxy) is 1. The average molecular weight is 518 g/mol. The Morgan fingerprint density at radius 2 is 1.92 bits per heavy atom. The third-order valence-electron chi connectivity index (χ3n) is 6.77. The number of hydrogen-bond donors (Lipinski definition) is 1. The van der Waals surface area contributed by atoms with E-state index in [1.54, 1.807) is 50.4 Å². The van der Waals surface area contributed by atoms with Gasteiger partial charge in [0.2, 0.25) is 5.91 Å². The smallest absolute Gasteiger partial charge is 0.357 e. The van der Waals surface area contributed by atoms with E-state index in [0.29, 0.717) is 28.6 Å². The number of carbonyl (C=O) groups is 1. The molecule has 0 spiro atoms. The zero-order valence-electron chi connectivity index (χ0n) is 19.5. The van der Waals surface area contributed by atoms with Gasteiger partial charge in [0, 0.05) is 34.3 Å². The lowest BCUT2D eigenvalue weighted by atomic mass is 9.95. The fourth-order valence-corrected chi connectivity index (χ4v) is 4.68. The van der Waals surface area contributed by atoms with Crippen LogP contribution in [0.25, 0.3) is 10.8 Å². The van der Waals surface area contributed by atoms with Crippen LogP contribution in [0.3, 0.4) is 0 Å². The second-order valence-corrected chi connectivity index (χ2v) is 9.56. The Hall–Kier alpha value is -3.30. The molecule has 5 rings (SSSR count). The van der Waals surface area contributed by atoms with E-state index < -0.39 is 24.0 Å². The molecule has 2 aliphatic rings. The number of halogens is 4. The molecule has 2 aliphatic heterocycles. The van der Waals surface area contributed by atoms with Crippen molar-refractivity contribution in [2.24, 2.45) is 0 Å². The second-order valence-electron chi connectivity index (χ2n) is 9.15. The number of benzene rings is 2. The fraction of sp³-hybridized carbons (Fsp3) is 0.308. The van der Waals surface area contributed by atoms with E-state index in [4.69, 9.17) is 16.3 Å². The number of fused-ring (bicyclic) bond motifs is 1. The van der Waals surface area contributed by atoms with Gasteiger partial charge in [-0.1, -0.05) is 37.2 Å². The number of carbonyl (C=O) groups excluding carboxylic acids is 1. The van der Waals surface area contributed by atoms with Crippen LogP contribution in [0.5, 0.6) is 0 Å². The minimum absolute atomic E-state index is 0.185. The van der Waals surface area contributed by atoms with Crippen molar-refractivity contribution in [2.75, 3.05) is 11.9 Å². The fourth-order valence-electron chi connectivity index (χ4n) is 4.46. The van der Waals surface area contributed by atoms with E-state index in [0.717, 1.165) is 11.8 Å². The normalized spacial score (nSPS) is 20.8. The molecule has 0 bridgehead atoms. The summed E-state index contributed by atoms with van der Waals surface area (Å²) in [6, 6.07) is 10.2. The van der Waals surface area contributed by atoms with Crippen LogP contribution in [0.2, 0.25) is 5.02 Å². The lowest BCUT2D eigenvalue weighted by molar-refractivity contribution is -0.137. The van der Waals surface area contributed by atoms with Gasteiger partial charge in [0.25, 0.3) is 5.56 Å². The van der Waals surface area contributed by atoms with Crippen molar-refractivity contribution < 1.29 is 22.7 Å². The van der Waals surface area contributed by atoms with Gasteiger partial charge < -0.3 is 19.5 Å². The largest absolute Gasteiger partial charge is 0.417 e. The molecule has 4 atom stereocenters. The van der Waals surface area contributed by atoms with E-state index in [1.165, 1.54) is 15.5 Å². The first-order valence-corrected chi connectivity index (χ1v) is 11.8. The summed E-state index contributed by atoms with van der Waals surface area (Å²) in [5.41, 5.74) is 0.677. The minimum Gasteiger partial charge on any atom is -0.357 e. The topological polar surface area (TPSA) is 66.6 Å². The van der Waals surface area contributed by atoms with Crippen molar-refractivity contribution in [1.82, 2.24) is 9.47 Å². The van der Waals surface area contributed by atoms with Gasteiger partial charge in [0.15, 0.2) is 6.23 Å². The molecule has 36 heavy (non-hydrogen) atoms. The molecule has 6 nitrogen and oxygen atoms in total. The van der Waals surface area contributed by atoms with E-state index in [9.17, 15) is 22.8 Å². The van der Waals surface area contributed by atoms with E-state index in [-0.39, 0.29) is 28.5 Å². The highest BCUT2D eigenvalue weighted by Crippen LogP contribution is 2.41. The Balaban J connectivity index is 1.35. The SMILES string of the molecule is C=C1CN1C(=O)[C@@H](C)n1ccc2c(NC3OC3C(C)c3ccc(Cl)c(C(F)(F)F)c3)cccc2c1=O. The van der Waals surface area contributed by atoms with E-state index in [2.05, 4.69) is 11.9 Å². The van der Waals surface area contributed by atoms with Gasteiger partial charge in [0.05, 0.1) is 17.1 Å². The van der Waals surface area contributed by atoms with E-state index in [1.807, 2.05) is 0 Å². The van der Waals surface area contributed by atoms with Crippen LogP contribution in [0.15, 0.2) is 65.7 Å². The molecule has 1 N–H and O–H groups in total. The summed E-state index contributed by atoms with van der Waals surface area (Å²) in [5.74, 6) is -0.512. The standard InChI is InChI=1S/C26H23ClF3N3O3/c1-13-12-33(13)24(34)15(3)32-10-9-17-18(25(32)35)5-4-6-21(17)31-23-22(36-23)14(2)16-7-8-20(27)19(11-16)26(28,29)30/h4-11,14-15,22-23,31H,1,12H2,2-3H3/t14?,15-,22?,23?,33?/m1/s1. The number of hydrogen-bond acceptors (Lipinski definition) is 4. The van der Waals surface area contributed by atoms with Crippen LogP contribution in [-0.2, 0) is 15.7 Å². The number of pyridine rings is 1. The summed E-state index contributed by atoms with van der Waals surface area (Å²) >= 11 is 5.74. The third kappa shape index (κ3) is 4.37. The number of anilines is 1. The first kappa shape index (κ1) is 24.4. The van der Waals surface area contributed by atoms with Crippen molar-refractivity contribution >= 4 is 34.0 Å². The molecule has 3 heterocycles. The monoisotopic (exact) mass is 517 g/mol. The number of aromatic nitrogens is 1. The predicted molar refractivity (Wildman–Crippen MR) is 131 cm³/mol. The lowest BCUT2D eigenvalue weighted by Gasteiger charge is -2.16. The molecular weight excluding hydrogens is 495 g/mol. The predicted octanol–water partition coefficient (Wildman–Crippen LogP) is 5.53. The van der Waals surface area contributed by atoms with Crippen LogP contribution in [0.1, 0.15) is 36.9 Å². The molecule has 2 aromatic carbocycles. The zero-order valence-corrected chi connectivity index (χ0v) is 20.2. The Morgan fingerprint density at radius 3 is 2.58 bits per heavy atom. The van der Waals surface area contributed by atoms with Gasteiger partial charge in [-0.05, 0) is 42.8 Å². The molecule has 10 heteroatoms. The van der Waals surface area contributed by atoms with Crippen molar-refractivity contribution in [3.8, 4) is 0 Å². The number of nitrogens with one attached hydrogen (secondary N) is 1. The number of nitrogens with zero attached hydrogens (tertiary/aromatic N) is 2. The van der Waals surface area contributed by atoms with Crippen LogP contribution < -0.4 is 10.9 Å². The average Bonchev–Trinajstić information content (AvgIpc) is 3.75.